The smallest absolute Gasteiger partial charge is 0.270 e. The van der Waals surface area contributed by atoms with Crippen molar-refractivity contribution in [3.8, 4) is 11.3 Å². The molecule has 18 heavy (non-hydrogen) atoms. The Morgan fingerprint density at radius 3 is 2.67 bits per heavy atom. The number of hydrogen-bond donors (Lipinski definition) is 1. The summed E-state index contributed by atoms with van der Waals surface area (Å²) in [6.07, 6.45) is -0.740. The first kappa shape index (κ1) is 12.6. The lowest BCUT2D eigenvalue weighted by molar-refractivity contribution is -0.384. The van der Waals surface area contributed by atoms with Crippen LogP contribution in [0.4, 0.5) is 5.69 Å². The fourth-order valence-electron chi connectivity index (χ4n) is 1.54. The summed E-state index contributed by atoms with van der Waals surface area (Å²) in [6.45, 7) is 1.57. The predicted octanol–water partition coefficient (Wildman–Crippen LogP) is 3.56. The van der Waals surface area contributed by atoms with E-state index in [2.05, 4.69) is 0 Å². The van der Waals surface area contributed by atoms with Gasteiger partial charge in [0.1, 0.15) is 17.6 Å². The summed E-state index contributed by atoms with van der Waals surface area (Å²) in [5, 5.41) is 20.4. The van der Waals surface area contributed by atoms with Crippen LogP contribution >= 0.6 is 11.6 Å². The van der Waals surface area contributed by atoms with Gasteiger partial charge in [-0.1, -0.05) is 11.6 Å². The van der Waals surface area contributed by atoms with E-state index in [1.165, 1.54) is 18.2 Å². The van der Waals surface area contributed by atoms with Crippen molar-refractivity contribution in [1.82, 2.24) is 0 Å². The van der Waals surface area contributed by atoms with Gasteiger partial charge in [0.15, 0.2) is 0 Å². The predicted molar refractivity (Wildman–Crippen MR) is 66.4 cm³/mol. The Morgan fingerprint density at radius 1 is 1.39 bits per heavy atom. The van der Waals surface area contributed by atoms with E-state index in [0.717, 1.165) is 0 Å². The van der Waals surface area contributed by atoms with Gasteiger partial charge < -0.3 is 9.52 Å². The number of benzene rings is 1. The van der Waals surface area contributed by atoms with E-state index in [9.17, 15) is 15.2 Å². The van der Waals surface area contributed by atoms with Crippen LogP contribution in [-0.2, 0) is 0 Å². The molecule has 94 valence electrons. The van der Waals surface area contributed by atoms with E-state index >= 15 is 0 Å². The molecule has 0 saturated carbocycles. The molecule has 1 atom stereocenters. The first-order valence-corrected chi connectivity index (χ1v) is 5.59. The number of rotatable bonds is 3. The molecular weight excluding hydrogens is 258 g/mol. The fourth-order valence-corrected chi connectivity index (χ4v) is 1.75. The minimum Gasteiger partial charge on any atom is -0.458 e. The van der Waals surface area contributed by atoms with E-state index in [1.807, 2.05) is 0 Å². The van der Waals surface area contributed by atoms with E-state index < -0.39 is 11.0 Å². The van der Waals surface area contributed by atoms with Crippen LogP contribution < -0.4 is 0 Å². The minimum absolute atomic E-state index is 0.0654. The van der Waals surface area contributed by atoms with Crippen molar-refractivity contribution in [2.24, 2.45) is 0 Å². The van der Waals surface area contributed by atoms with Crippen molar-refractivity contribution in [2.45, 2.75) is 13.0 Å². The Kier molecular flexibility index (Phi) is 3.36. The molecular formula is C12H10ClNO4. The third kappa shape index (κ3) is 2.37. The molecule has 0 aliphatic carbocycles. The van der Waals surface area contributed by atoms with Gasteiger partial charge in [-0.05, 0) is 25.1 Å². The highest BCUT2D eigenvalue weighted by Crippen LogP contribution is 2.33. The summed E-state index contributed by atoms with van der Waals surface area (Å²) in [5.74, 6) is 0.771. The van der Waals surface area contributed by atoms with Gasteiger partial charge in [0.25, 0.3) is 5.69 Å². The lowest BCUT2D eigenvalue weighted by atomic mass is 10.1. The Hall–Kier alpha value is -1.85. The Morgan fingerprint density at radius 2 is 2.11 bits per heavy atom. The molecule has 1 aromatic carbocycles. The molecule has 2 rings (SSSR count). The van der Waals surface area contributed by atoms with Gasteiger partial charge in [0.05, 0.1) is 9.95 Å². The highest BCUT2D eigenvalue weighted by Gasteiger charge is 2.15. The van der Waals surface area contributed by atoms with Crippen LogP contribution in [0.1, 0.15) is 18.8 Å². The normalized spacial score (nSPS) is 12.4. The van der Waals surface area contributed by atoms with Gasteiger partial charge in [0, 0.05) is 17.7 Å². The average Bonchev–Trinajstić information content (AvgIpc) is 2.78. The SMILES string of the molecule is CC(O)c1ccc(-c2cc([N+](=O)[O-])ccc2Cl)o1. The highest BCUT2D eigenvalue weighted by atomic mass is 35.5. The molecule has 5 nitrogen and oxygen atoms in total. The van der Waals surface area contributed by atoms with E-state index in [4.69, 9.17) is 16.0 Å². The third-order valence-corrected chi connectivity index (χ3v) is 2.79. The van der Waals surface area contributed by atoms with E-state index in [0.29, 0.717) is 22.1 Å². The van der Waals surface area contributed by atoms with E-state index in [1.54, 1.807) is 19.1 Å². The number of aliphatic hydroxyl groups is 1. The monoisotopic (exact) mass is 267 g/mol. The molecule has 1 aromatic heterocycles. The molecule has 0 bridgehead atoms. The average molecular weight is 268 g/mol. The summed E-state index contributed by atoms with van der Waals surface area (Å²) in [4.78, 5) is 10.2. The Balaban J connectivity index is 2.48. The number of nitrogens with zero attached hydrogens (tertiary/aromatic N) is 1. The van der Waals surface area contributed by atoms with E-state index in [-0.39, 0.29) is 5.69 Å². The van der Waals surface area contributed by atoms with Gasteiger partial charge in [-0.2, -0.15) is 0 Å². The number of nitro groups is 1. The van der Waals surface area contributed by atoms with Crippen LogP contribution in [0.3, 0.4) is 0 Å². The molecule has 1 heterocycles. The number of nitro benzene ring substituents is 1. The summed E-state index contributed by atoms with van der Waals surface area (Å²) in [6, 6.07) is 7.33. The quantitative estimate of drug-likeness (QED) is 0.681. The zero-order valence-electron chi connectivity index (χ0n) is 9.46. The van der Waals surface area contributed by atoms with Crippen LogP contribution in [0.15, 0.2) is 34.7 Å². The summed E-state index contributed by atoms with van der Waals surface area (Å²) >= 11 is 5.98. The fraction of sp³-hybridized carbons (Fsp3) is 0.167. The van der Waals surface area contributed by atoms with Crippen molar-refractivity contribution in [3.63, 3.8) is 0 Å². The second-order valence-electron chi connectivity index (χ2n) is 3.80. The summed E-state index contributed by atoms with van der Waals surface area (Å²) in [5.41, 5.74) is 0.363. The Labute approximate surface area is 108 Å². The maximum absolute atomic E-state index is 10.7. The number of furan rings is 1. The van der Waals surface area contributed by atoms with Gasteiger partial charge in [-0.15, -0.1) is 0 Å². The molecule has 1 unspecified atom stereocenters. The first-order valence-electron chi connectivity index (χ1n) is 5.21. The summed E-state index contributed by atoms with van der Waals surface area (Å²) < 4.78 is 5.39. The first-order chi connectivity index (χ1) is 8.49. The van der Waals surface area contributed by atoms with Crippen LogP contribution in [-0.4, -0.2) is 10.0 Å². The van der Waals surface area contributed by atoms with Crippen molar-refractivity contribution in [2.75, 3.05) is 0 Å². The van der Waals surface area contributed by atoms with Gasteiger partial charge in [-0.25, -0.2) is 0 Å². The molecule has 6 heteroatoms. The molecule has 0 aliphatic heterocycles. The number of aliphatic hydroxyl groups excluding tert-OH is 1. The van der Waals surface area contributed by atoms with Crippen LogP contribution in [0, 0.1) is 10.1 Å². The summed E-state index contributed by atoms with van der Waals surface area (Å²) in [7, 11) is 0. The Bertz CT molecular complexity index is 592. The number of non-ortho nitro benzene ring substituents is 1. The standard InChI is InChI=1S/C12H10ClNO4/c1-7(15)11-4-5-12(18-11)9-6-8(14(16)17)2-3-10(9)13/h2-7,15H,1H3. The lowest BCUT2D eigenvalue weighted by Crippen LogP contribution is -1.89. The van der Waals surface area contributed by atoms with Crippen molar-refractivity contribution in [3.05, 3.63) is 51.2 Å². The van der Waals surface area contributed by atoms with Crippen molar-refractivity contribution in [1.29, 1.82) is 0 Å². The maximum Gasteiger partial charge on any atom is 0.270 e. The largest absolute Gasteiger partial charge is 0.458 e. The molecule has 0 aliphatic rings. The van der Waals surface area contributed by atoms with Crippen LogP contribution in [0.5, 0.6) is 0 Å². The topological polar surface area (TPSA) is 76.5 Å². The van der Waals surface area contributed by atoms with Crippen molar-refractivity contribution < 1.29 is 14.4 Å². The molecule has 0 amide bonds. The second kappa shape index (κ2) is 4.80. The minimum atomic E-state index is -0.740. The van der Waals surface area contributed by atoms with Crippen LogP contribution in [0.2, 0.25) is 5.02 Å². The second-order valence-corrected chi connectivity index (χ2v) is 4.21. The molecule has 0 saturated heterocycles. The lowest BCUT2D eigenvalue weighted by Gasteiger charge is -2.02. The molecule has 0 spiro atoms. The van der Waals surface area contributed by atoms with Gasteiger partial charge >= 0.3 is 0 Å². The maximum atomic E-state index is 10.7. The number of hydrogen-bond acceptors (Lipinski definition) is 4. The van der Waals surface area contributed by atoms with Gasteiger partial charge in [0.2, 0.25) is 0 Å². The molecule has 0 radical (unpaired) electrons. The molecule has 1 N–H and O–H groups in total. The molecule has 2 aromatic rings. The highest BCUT2D eigenvalue weighted by molar-refractivity contribution is 6.33. The third-order valence-electron chi connectivity index (χ3n) is 2.46. The molecule has 0 fully saturated rings. The number of halogens is 1. The zero-order chi connectivity index (χ0) is 13.3. The zero-order valence-corrected chi connectivity index (χ0v) is 10.2. The van der Waals surface area contributed by atoms with Crippen LogP contribution in [0.25, 0.3) is 11.3 Å². The van der Waals surface area contributed by atoms with Crippen molar-refractivity contribution >= 4 is 17.3 Å². The van der Waals surface area contributed by atoms with Gasteiger partial charge in [-0.3, -0.25) is 10.1 Å².